The van der Waals surface area contributed by atoms with Crippen molar-refractivity contribution in [2.24, 2.45) is 11.8 Å². The van der Waals surface area contributed by atoms with E-state index < -0.39 is 0 Å². The molecule has 1 aliphatic rings. The lowest BCUT2D eigenvalue weighted by atomic mass is 9.78. The summed E-state index contributed by atoms with van der Waals surface area (Å²) < 4.78 is 0. The van der Waals surface area contributed by atoms with Crippen LogP contribution in [0.3, 0.4) is 0 Å². The van der Waals surface area contributed by atoms with Crippen molar-refractivity contribution in [2.75, 3.05) is 0 Å². The Labute approximate surface area is 65.0 Å². The molecule has 0 heteroatoms. The molecular weight excluding hydrogens is 120 g/mol. The van der Waals surface area contributed by atoms with Crippen molar-refractivity contribution in [3.63, 3.8) is 0 Å². The van der Waals surface area contributed by atoms with Gasteiger partial charge in [-0.05, 0) is 11.8 Å². The molecule has 1 radical (unpaired) electrons. The van der Waals surface area contributed by atoms with Crippen LogP contribution < -0.4 is 0 Å². The second-order valence-corrected chi connectivity index (χ2v) is 3.66. The highest BCUT2D eigenvalue weighted by Crippen LogP contribution is 2.32. The van der Waals surface area contributed by atoms with Gasteiger partial charge in [0, 0.05) is 0 Å². The molecule has 0 amide bonds. The summed E-state index contributed by atoms with van der Waals surface area (Å²) in [6, 6.07) is 0. The van der Waals surface area contributed by atoms with Gasteiger partial charge < -0.3 is 0 Å². The minimum Gasteiger partial charge on any atom is -0.0622 e. The van der Waals surface area contributed by atoms with Crippen molar-refractivity contribution in [3.8, 4) is 0 Å². The van der Waals surface area contributed by atoms with Crippen LogP contribution in [0.4, 0.5) is 0 Å². The Morgan fingerprint density at radius 1 is 1.30 bits per heavy atom. The van der Waals surface area contributed by atoms with Crippen LogP contribution in [0.5, 0.6) is 0 Å². The SMILES string of the molecule is [CH2]CCC1CCCCC1C. The highest BCUT2D eigenvalue weighted by atomic mass is 14.2. The summed E-state index contributed by atoms with van der Waals surface area (Å²) in [6.07, 6.45) is 8.36. The maximum Gasteiger partial charge on any atom is -0.0388 e. The minimum absolute atomic E-state index is 0.982. The largest absolute Gasteiger partial charge is 0.0622 e. The predicted molar refractivity (Wildman–Crippen MR) is 45.7 cm³/mol. The first-order chi connectivity index (χ1) is 4.84. The Hall–Kier alpha value is 0. The molecule has 0 aliphatic heterocycles. The van der Waals surface area contributed by atoms with Gasteiger partial charge in [0.05, 0.1) is 0 Å². The van der Waals surface area contributed by atoms with E-state index in [2.05, 4.69) is 13.8 Å². The third-order valence-electron chi connectivity index (χ3n) is 2.86. The van der Waals surface area contributed by atoms with Gasteiger partial charge >= 0.3 is 0 Å². The van der Waals surface area contributed by atoms with Crippen LogP contribution in [0.15, 0.2) is 0 Å². The van der Waals surface area contributed by atoms with Crippen LogP contribution in [0.2, 0.25) is 0 Å². The van der Waals surface area contributed by atoms with Gasteiger partial charge in [-0.3, -0.25) is 0 Å². The maximum absolute atomic E-state index is 3.91. The Balaban J connectivity index is 2.25. The number of hydrogen-bond donors (Lipinski definition) is 0. The Morgan fingerprint density at radius 3 is 2.60 bits per heavy atom. The molecule has 1 fully saturated rings. The quantitative estimate of drug-likeness (QED) is 0.550. The maximum atomic E-state index is 3.91. The van der Waals surface area contributed by atoms with E-state index in [-0.39, 0.29) is 0 Å². The smallest absolute Gasteiger partial charge is 0.0388 e. The fourth-order valence-electron chi connectivity index (χ4n) is 2.08. The third-order valence-corrected chi connectivity index (χ3v) is 2.86. The molecule has 0 aromatic rings. The first-order valence-electron chi connectivity index (χ1n) is 4.64. The molecule has 0 nitrogen and oxygen atoms in total. The molecule has 10 heavy (non-hydrogen) atoms. The van der Waals surface area contributed by atoms with Crippen LogP contribution in [-0.2, 0) is 0 Å². The summed E-state index contributed by atoms with van der Waals surface area (Å²) in [5.74, 6) is 1.99. The van der Waals surface area contributed by atoms with Crippen LogP contribution in [0, 0.1) is 18.8 Å². The van der Waals surface area contributed by atoms with Crippen molar-refractivity contribution in [1.82, 2.24) is 0 Å². The van der Waals surface area contributed by atoms with Crippen LogP contribution >= 0.6 is 0 Å². The van der Waals surface area contributed by atoms with Crippen molar-refractivity contribution in [3.05, 3.63) is 6.92 Å². The topological polar surface area (TPSA) is 0 Å². The fraction of sp³-hybridized carbons (Fsp3) is 0.900. The van der Waals surface area contributed by atoms with Gasteiger partial charge in [0.15, 0.2) is 0 Å². The van der Waals surface area contributed by atoms with Crippen LogP contribution in [0.1, 0.15) is 45.4 Å². The molecule has 0 saturated heterocycles. The van der Waals surface area contributed by atoms with Gasteiger partial charge in [0.25, 0.3) is 0 Å². The molecule has 2 atom stereocenters. The van der Waals surface area contributed by atoms with E-state index in [9.17, 15) is 0 Å². The summed E-state index contributed by atoms with van der Waals surface area (Å²) in [4.78, 5) is 0. The minimum atomic E-state index is 0.982. The lowest BCUT2D eigenvalue weighted by Crippen LogP contribution is -2.16. The van der Waals surface area contributed by atoms with E-state index in [1.54, 1.807) is 0 Å². The molecular formula is C10H19. The van der Waals surface area contributed by atoms with E-state index in [1.165, 1.54) is 32.1 Å². The van der Waals surface area contributed by atoms with Crippen molar-refractivity contribution in [1.29, 1.82) is 0 Å². The predicted octanol–water partition coefficient (Wildman–Crippen LogP) is 3.43. The van der Waals surface area contributed by atoms with Gasteiger partial charge in [-0.25, -0.2) is 0 Å². The van der Waals surface area contributed by atoms with Crippen molar-refractivity contribution >= 4 is 0 Å². The van der Waals surface area contributed by atoms with E-state index in [1.807, 2.05) is 0 Å². The van der Waals surface area contributed by atoms with Crippen LogP contribution in [0.25, 0.3) is 0 Å². The average molecular weight is 139 g/mol. The summed E-state index contributed by atoms with van der Waals surface area (Å²) in [7, 11) is 0. The van der Waals surface area contributed by atoms with Gasteiger partial charge in [0.2, 0.25) is 0 Å². The summed E-state index contributed by atoms with van der Waals surface area (Å²) in [5, 5.41) is 0. The molecule has 0 N–H and O–H groups in total. The zero-order valence-electron chi connectivity index (χ0n) is 7.10. The standard InChI is InChI=1S/C10H19/c1-3-6-10-8-5-4-7-9(10)2/h9-10H,1,3-8H2,2H3. The van der Waals surface area contributed by atoms with E-state index in [4.69, 9.17) is 0 Å². The first kappa shape index (κ1) is 8.10. The monoisotopic (exact) mass is 139 g/mol. The van der Waals surface area contributed by atoms with Crippen molar-refractivity contribution in [2.45, 2.75) is 45.4 Å². The van der Waals surface area contributed by atoms with Gasteiger partial charge in [-0.1, -0.05) is 52.4 Å². The molecule has 1 saturated carbocycles. The average Bonchev–Trinajstić information content (AvgIpc) is 1.94. The molecule has 0 bridgehead atoms. The van der Waals surface area contributed by atoms with E-state index in [0.717, 1.165) is 18.3 Å². The lowest BCUT2D eigenvalue weighted by molar-refractivity contribution is 0.243. The zero-order chi connectivity index (χ0) is 7.40. The molecule has 0 aromatic carbocycles. The Kier molecular flexibility index (Phi) is 3.24. The molecule has 1 aliphatic carbocycles. The third kappa shape index (κ3) is 2.00. The van der Waals surface area contributed by atoms with Gasteiger partial charge in [-0.15, -0.1) is 0 Å². The fourth-order valence-corrected chi connectivity index (χ4v) is 2.08. The second kappa shape index (κ2) is 4.00. The normalized spacial score (nSPS) is 34.2. The summed E-state index contributed by atoms with van der Waals surface area (Å²) in [5.41, 5.74) is 0. The lowest BCUT2D eigenvalue weighted by Gasteiger charge is -2.28. The highest BCUT2D eigenvalue weighted by Gasteiger charge is 2.19. The summed E-state index contributed by atoms with van der Waals surface area (Å²) in [6.45, 7) is 6.32. The zero-order valence-corrected chi connectivity index (χ0v) is 7.10. The van der Waals surface area contributed by atoms with Gasteiger partial charge in [0.1, 0.15) is 0 Å². The van der Waals surface area contributed by atoms with E-state index >= 15 is 0 Å². The molecule has 0 aromatic heterocycles. The molecule has 0 spiro atoms. The van der Waals surface area contributed by atoms with Crippen LogP contribution in [-0.4, -0.2) is 0 Å². The van der Waals surface area contributed by atoms with Gasteiger partial charge in [-0.2, -0.15) is 0 Å². The molecule has 0 heterocycles. The molecule has 2 unspecified atom stereocenters. The number of hydrogen-bond acceptors (Lipinski definition) is 0. The highest BCUT2D eigenvalue weighted by molar-refractivity contribution is 4.72. The molecule has 1 rings (SSSR count). The van der Waals surface area contributed by atoms with Crippen molar-refractivity contribution < 1.29 is 0 Å². The Bertz CT molecular complexity index is 84.0. The first-order valence-corrected chi connectivity index (χ1v) is 4.64. The molecule has 59 valence electrons. The Morgan fingerprint density at radius 2 is 2.00 bits per heavy atom. The summed E-state index contributed by atoms with van der Waals surface area (Å²) >= 11 is 0. The van der Waals surface area contributed by atoms with E-state index in [0.29, 0.717) is 0 Å². The number of rotatable bonds is 2. The second-order valence-electron chi connectivity index (χ2n) is 3.66.